The highest BCUT2D eigenvalue weighted by Crippen LogP contribution is 2.16. The first-order valence-electron chi connectivity index (χ1n) is 8.07. The van der Waals surface area contributed by atoms with Crippen LogP contribution in [0.4, 0.5) is 0 Å². The van der Waals surface area contributed by atoms with E-state index in [1.807, 2.05) is 61.5 Å². The number of nitrogens with zero attached hydrogens (tertiary/aromatic N) is 2. The van der Waals surface area contributed by atoms with E-state index in [1.165, 1.54) is 0 Å². The summed E-state index contributed by atoms with van der Waals surface area (Å²) in [4.78, 5) is 16.5. The largest absolute Gasteiger partial charge is 0.388 e. The zero-order valence-corrected chi connectivity index (χ0v) is 13.6. The van der Waals surface area contributed by atoms with Gasteiger partial charge in [0.25, 0.3) is 0 Å². The third-order valence-electron chi connectivity index (χ3n) is 4.07. The van der Waals surface area contributed by atoms with Crippen molar-refractivity contribution in [1.82, 2.24) is 14.9 Å². The van der Waals surface area contributed by atoms with Crippen molar-refractivity contribution in [3.63, 3.8) is 0 Å². The summed E-state index contributed by atoms with van der Waals surface area (Å²) in [6.45, 7) is 3.11. The lowest BCUT2D eigenvalue weighted by molar-refractivity contribution is -0.123. The Balaban J connectivity index is 1.54. The van der Waals surface area contributed by atoms with Gasteiger partial charge in [-0.2, -0.15) is 0 Å². The van der Waals surface area contributed by atoms with E-state index in [9.17, 15) is 9.90 Å². The molecule has 2 aromatic carbocycles. The molecule has 1 amide bonds. The van der Waals surface area contributed by atoms with Gasteiger partial charge in [-0.1, -0.05) is 42.5 Å². The van der Waals surface area contributed by atoms with Crippen molar-refractivity contribution in [2.45, 2.75) is 26.0 Å². The second kappa shape index (κ2) is 7.27. The van der Waals surface area contributed by atoms with E-state index in [0.29, 0.717) is 13.1 Å². The molecule has 0 aliphatic rings. The Morgan fingerprint density at radius 1 is 1.17 bits per heavy atom. The third-order valence-corrected chi connectivity index (χ3v) is 4.07. The normalized spacial score (nSPS) is 12.2. The highest BCUT2D eigenvalue weighted by atomic mass is 16.3. The number of benzene rings is 2. The van der Waals surface area contributed by atoms with Crippen LogP contribution in [0.25, 0.3) is 11.0 Å². The van der Waals surface area contributed by atoms with Crippen molar-refractivity contribution in [2.75, 3.05) is 6.54 Å². The molecule has 24 heavy (non-hydrogen) atoms. The van der Waals surface area contributed by atoms with Gasteiger partial charge in [0, 0.05) is 13.1 Å². The molecule has 5 nitrogen and oxygen atoms in total. The van der Waals surface area contributed by atoms with E-state index in [-0.39, 0.29) is 12.3 Å². The zero-order valence-electron chi connectivity index (χ0n) is 13.6. The molecule has 0 saturated carbocycles. The SMILES string of the molecule is Cc1nc2ccccc2n1CCNC(=O)CC(O)c1ccccc1. The second-order valence-electron chi connectivity index (χ2n) is 5.78. The second-order valence-corrected chi connectivity index (χ2v) is 5.78. The molecular weight excluding hydrogens is 302 g/mol. The minimum absolute atomic E-state index is 0.0632. The molecule has 3 rings (SSSR count). The minimum atomic E-state index is -0.776. The fourth-order valence-corrected chi connectivity index (χ4v) is 2.83. The van der Waals surface area contributed by atoms with Gasteiger partial charge in [-0.3, -0.25) is 4.79 Å². The van der Waals surface area contributed by atoms with Crippen LogP contribution in [-0.2, 0) is 11.3 Å². The number of fused-ring (bicyclic) bond motifs is 1. The molecule has 1 unspecified atom stereocenters. The predicted molar refractivity (Wildman–Crippen MR) is 93.5 cm³/mol. The van der Waals surface area contributed by atoms with Crippen LogP contribution in [-0.4, -0.2) is 27.1 Å². The number of nitrogens with one attached hydrogen (secondary N) is 1. The summed E-state index contributed by atoms with van der Waals surface area (Å²) in [5, 5.41) is 12.9. The molecule has 0 fully saturated rings. The van der Waals surface area contributed by atoms with E-state index >= 15 is 0 Å². The predicted octanol–water partition coefficient (Wildman–Crippen LogP) is 2.58. The van der Waals surface area contributed by atoms with Crippen LogP contribution < -0.4 is 5.32 Å². The lowest BCUT2D eigenvalue weighted by atomic mass is 10.1. The summed E-state index contributed by atoms with van der Waals surface area (Å²) in [5.41, 5.74) is 2.78. The minimum Gasteiger partial charge on any atom is -0.388 e. The first-order valence-corrected chi connectivity index (χ1v) is 8.07. The van der Waals surface area contributed by atoms with E-state index in [4.69, 9.17) is 0 Å². The van der Waals surface area contributed by atoms with Crippen molar-refractivity contribution in [1.29, 1.82) is 0 Å². The maximum atomic E-state index is 12.0. The maximum Gasteiger partial charge on any atom is 0.223 e. The van der Waals surface area contributed by atoms with Crippen molar-refractivity contribution in [3.8, 4) is 0 Å². The third kappa shape index (κ3) is 3.63. The van der Waals surface area contributed by atoms with Crippen LogP contribution in [0.2, 0.25) is 0 Å². The topological polar surface area (TPSA) is 67.2 Å². The number of para-hydroxylation sites is 2. The molecule has 3 aromatic rings. The Hall–Kier alpha value is -2.66. The smallest absolute Gasteiger partial charge is 0.223 e. The number of amides is 1. The van der Waals surface area contributed by atoms with Crippen molar-refractivity contribution >= 4 is 16.9 Å². The number of hydrogen-bond acceptors (Lipinski definition) is 3. The lowest BCUT2D eigenvalue weighted by Gasteiger charge is -2.12. The average molecular weight is 323 g/mol. The molecule has 2 N–H and O–H groups in total. The van der Waals surface area contributed by atoms with Gasteiger partial charge in [0.05, 0.1) is 23.6 Å². The molecule has 0 aliphatic carbocycles. The Kier molecular flexibility index (Phi) is 4.91. The number of aryl methyl sites for hydroxylation is 1. The number of imidazole rings is 1. The zero-order chi connectivity index (χ0) is 16.9. The highest BCUT2D eigenvalue weighted by Gasteiger charge is 2.12. The van der Waals surface area contributed by atoms with Gasteiger partial charge in [0.2, 0.25) is 5.91 Å². The van der Waals surface area contributed by atoms with Gasteiger partial charge in [0.15, 0.2) is 0 Å². The summed E-state index contributed by atoms with van der Waals surface area (Å²) < 4.78 is 2.09. The number of carbonyl (C=O) groups excluding carboxylic acids is 1. The summed E-state index contributed by atoms with van der Waals surface area (Å²) in [5.74, 6) is 0.767. The molecule has 1 atom stereocenters. The molecule has 0 saturated heterocycles. The lowest BCUT2D eigenvalue weighted by Crippen LogP contribution is -2.28. The molecular formula is C19H21N3O2. The molecule has 0 aliphatic heterocycles. The molecule has 1 heterocycles. The van der Waals surface area contributed by atoms with E-state index in [2.05, 4.69) is 14.9 Å². The Morgan fingerprint density at radius 3 is 2.67 bits per heavy atom. The van der Waals surface area contributed by atoms with Gasteiger partial charge in [-0.15, -0.1) is 0 Å². The highest BCUT2D eigenvalue weighted by molar-refractivity contribution is 5.77. The van der Waals surface area contributed by atoms with E-state index in [1.54, 1.807) is 0 Å². The number of carbonyl (C=O) groups is 1. The van der Waals surface area contributed by atoms with E-state index < -0.39 is 6.10 Å². The van der Waals surface area contributed by atoms with Gasteiger partial charge in [-0.05, 0) is 24.6 Å². The monoisotopic (exact) mass is 323 g/mol. The summed E-state index contributed by atoms with van der Waals surface area (Å²) in [6, 6.07) is 17.2. The first kappa shape index (κ1) is 16.2. The van der Waals surface area contributed by atoms with Crippen LogP contribution in [0.3, 0.4) is 0 Å². The quantitative estimate of drug-likeness (QED) is 0.733. The van der Waals surface area contributed by atoms with Crippen molar-refractivity contribution < 1.29 is 9.90 Å². The fourth-order valence-electron chi connectivity index (χ4n) is 2.83. The average Bonchev–Trinajstić information content (AvgIpc) is 2.91. The summed E-state index contributed by atoms with van der Waals surface area (Å²) in [6.07, 6.45) is -0.713. The standard InChI is InChI=1S/C19H21N3O2/c1-14-21-16-9-5-6-10-17(16)22(14)12-11-20-19(24)13-18(23)15-7-3-2-4-8-15/h2-10,18,23H,11-13H2,1H3,(H,20,24). The van der Waals surface area contributed by atoms with E-state index in [0.717, 1.165) is 22.4 Å². The first-order chi connectivity index (χ1) is 11.6. The van der Waals surface area contributed by atoms with Crippen LogP contribution in [0.5, 0.6) is 0 Å². The Labute approximate surface area is 141 Å². The van der Waals surface area contributed by atoms with Crippen LogP contribution in [0.15, 0.2) is 54.6 Å². The number of aliphatic hydroxyl groups excluding tert-OH is 1. The Bertz CT molecular complexity index is 827. The van der Waals surface area contributed by atoms with Crippen molar-refractivity contribution in [3.05, 3.63) is 66.0 Å². The summed E-state index contributed by atoms with van der Waals surface area (Å²) in [7, 11) is 0. The number of rotatable bonds is 6. The molecule has 5 heteroatoms. The molecule has 1 aromatic heterocycles. The number of aliphatic hydroxyl groups is 1. The molecule has 0 bridgehead atoms. The summed E-state index contributed by atoms with van der Waals surface area (Å²) >= 11 is 0. The number of aromatic nitrogens is 2. The number of hydrogen-bond donors (Lipinski definition) is 2. The fraction of sp³-hybridized carbons (Fsp3) is 0.263. The van der Waals surface area contributed by atoms with Crippen LogP contribution in [0, 0.1) is 6.92 Å². The van der Waals surface area contributed by atoms with Gasteiger partial charge in [0.1, 0.15) is 5.82 Å². The van der Waals surface area contributed by atoms with Crippen LogP contribution in [0.1, 0.15) is 23.9 Å². The van der Waals surface area contributed by atoms with Gasteiger partial charge < -0.3 is 15.0 Å². The Morgan fingerprint density at radius 2 is 1.88 bits per heavy atom. The van der Waals surface area contributed by atoms with Crippen molar-refractivity contribution in [2.24, 2.45) is 0 Å². The van der Waals surface area contributed by atoms with Crippen LogP contribution >= 0.6 is 0 Å². The molecule has 0 spiro atoms. The van der Waals surface area contributed by atoms with Gasteiger partial charge >= 0.3 is 0 Å². The molecule has 124 valence electrons. The van der Waals surface area contributed by atoms with Gasteiger partial charge in [-0.25, -0.2) is 4.98 Å². The molecule has 0 radical (unpaired) electrons. The maximum absolute atomic E-state index is 12.0.